The Morgan fingerprint density at radius 3 is 2.55 bits per heavy atom. The molecule has 20 heavy (non-hydrogen) atoms. The number of benzene rings is 1. The van der Waals surface area contributed by atoms with Gasteiger partial charge in [0.1, 0.15) is 5.75 Å². The number of thiophene rings is 1. The number of ketones is 1. The molecule has 2 rings (SSSR count). The van der Waals surface area contributed by atoms with E-state index in [0.29, 0.717) is 14.9 Å². The highest BCUT2D eigenvalue weighted by Gasteiger charge is 2.24. The van der Waals surface area contributed by atoms with Crippen LogP contribution >= 0.6 is 27.3 Å². The lowest BCUT2D eigenvalue weighted by Gasteiger charge is -2.08. The molecule has 0 spiro atoms. The van der Waals surface area contributed by atoms with Gasteiger partial charge in [0.15, 0.2) is 15.6 Å². The average Bonchev–Trinajstić information content (AvgIpc) is 2.78. The number of carbonyl (C=O) groups is 1. The van der Waals surface area contributed by atoms with Crippen molar-refractivity contribution in [3.05, 3.63) is 50.1 Å². The van der Waals surface area contributed by atoms with Gasteiger partial charge in [0, 0.05) is 4.47 Å². The van der Waals surface area contributed by atoms with Gasteiger partial charge in [-0.25, -0.2) is 8.42 Å². The summed E-state index contributed by atoms with van der Waals surface area (Å²) in [6.45, 7) is 3.56. The number of aryl methyl sites for hydroxylation is 2. The number of Topliss-reactive ketones (excluding diaryl/α,β-unsaturated/α-hetero) is 1. The zero-order valence-corrected chi connectivity index (χ0v) is 14.2. The maximum absolute atomic E-state index is 12.4. The van der Waals surface area contributed by atoms with Crippen LogP contribution in [0.3, 0.4) is 0 Å². The second-order valence-corrected chi connectivity index (χ2v) is 8.28. The summed E-state index contributed by atoms with van der Waals surface area (Å²) in [5, 5.41) is 1.75. The summed E-state index contributed by atoms with van der Waals surface area (Å²) < 4.78 is 25.4. The highest BCUT2D eigenvalue weighted by Crippen LogP contribution is 2.25. The summed E-state index contributed by atoms with van der Waals surface area (Å²) in [7, 11) is -3.62. The zero-order chi connectivity index (χ0) is 14.9. The first-order chi connectivity index (χ1) is 9.31. The van der Waals surface area contributed by atoms with Crippen molar-refractivity contribution in [1.82, 2.24) is 0 Å². The molecule has 0 aliphatic carbocycles. The minimum Gasteiger partial charge on any atom is -0.292 e. The molecule has 1 aromatic heterocycles. The first-order valence-electron chi connectivity index (χ1n) is 5.87. The second kappa shape index (κ2) is 5.79. The SMILES string of the molecule is Cc1ccc(C)c(S(=O)(=O)CC(=O)c2sccc2Br)c1. The largest absolute Gasteiger partial charge is 0.292 e. The van der Waals surface area contributed by atoms with Crippen molar-refractivity contribution in [3.63, 3.8) is 0 Å². The van der Waals surface area contributed by atoms with Gasteiger partial charge < -0.3 is 0 Å². The van der Waals surface area contributed by atoms with Crippen molar-refractivity contribution in [2.75, 3.05) is 5.75 Å². The number of rotatable bonds is 4. The third-order valence-corrected chi connectivity index (χ3v) is 6.50. The Bertz CT molecular complexity index is 760. The Kier molecular flexibility index (Phi) is 4.46. The fourth-order valence-electron chi connectivity index (χ4n) is 1.85. The fourth-order valence-corrected chi connectivity index (χ4v) is 5.04. The molecule has 0 fully saturated rings. The van der Waals surface area contributed by atoms with E-state index in [1.165, 1.54) is 11.3 Å². The molecule has 0 unspecified atom stereocenters. The molecule has 1 heterocycles. The summed E-state index contributed by atoms with van der Waals surface area (Å²) in [6.07, 6.45) is 0. The molecule has 1 aromatic carbocycles. The van der Waals surface area contributed by atoms with E-state index in [1.54, 1.807) is 30.5 Å². The smallest absolute Gasteiger partial charge is 0.189 e. The molecular weight excluding hydrogens is 360 g/mol. The Morgan fingerprint density at radius 1 is 1.25 bits per heavy atom. The molecule has 0 saturated heterocycles. The van der Waals surface area contributed by atoms with Crippen molar-refractivity contribution in [3.8, 4) is 0 Å². The lowest BCUT2D eigenvalue weighted by molar-refractivity contribution is 0.102. The third-order valence-electron chi connectivity index (χ3n) is 2.87. The van der Waals surface area contributed by atoms with Crippen molar-refractivity contribution >= 4 is 42.9 Å². The molecule has 0 bridgehead atoms. The molecule has 106 valence electrons. The van der Waals surface area contributed by atoms with Crippen LogP contribution in [0.25, 0.3) is 0 Å². The van der Waals surface area contributed by atoms with E-state index < -0.39 is 15.6 Å². The lowest BCUT2D eigenvalue weighted by atomic mass is 10.2. The van der Waals surface area contributed by atoms with Gasteiger partial charge in [-0.05, 0) is 58.4 Å². The Morgan fingerprint density at radius 2 is 1.95 bits per heavy atom. The van der Waals surface area contributed by atoms with Crippen LogP contribution in [0.1, 0.15) is 20.8 Å². The molecule has 0 amide bonds. The molecule has 0 aliphatic rings. The topological polar surface area (TPSA) is 51.2 Å². The van der Waals surface area contributed by atoms with Crippen LogP contribution in [0, 0.1) is 13.8 Å². The maximum atomic E-state index is 12.4. The van der Waals surface area contributed by atoms with E-state index in [1.807, 2.05) is 13.0 Å². The summed E-state index contributed by atoms with van der Waals surface area (Å²) >= 11 is 4.49. The van der Waals surface area contributed by atoms with Crippen LogP contribution in [-0.4, -0.2) is 20.0 Å². The Balaban J connectivity index is 2.35. The fraction of sp³-hybridized carbons (Fsp3) is 0.214. The van der Waals surface area contributed by atoms with Crippen molar-refractivity contribution in [1.29, 1.82) is 0 Å². The first kappa shape index (κ1) is 15.4. The predicted molar refractivity (Wildman–Crippen MR) is 84.3 cm³/mol. The monoisotopic (exact) mass is 372 g/mol. The number of sulfone groups is 1. The molecule has 0 N–H and O–H groups in total. The van der Waals surface area contributed by atoms with E-state index >= 15 is 0 Å². The van der Waals surface area contributed by atoms with Gasteiger partial charge in [0.05, 0.1) is 9.77 Å². The van der Waals surface area contributed by atoms with Gasteiger partial charge in [-0.2, -0.15) is 0 Å². The van der Waals surface area contributed by atoms with Crippen molar-refractivity contribution in [2.24, 2.45) is 0 Å². The zero-order valence-electron chi connectivity index (χ0n) is 11.0. The summed E-state index contributed by atoms with van der Waals surface area (Å²) in [5.41, 5.74) is 1.52. The van der Waals surface area contributed by atoms with Crippen molar-refractivity contribution < 1.29 is 13.2 Å². The van der Waals surface area contributed by atoms with E-state index in [4.69, 9.17) is 0 Å². The predicted octanol–water partition coefficient (Wildman–Crippen LogP) is 3.78. The van der Waals surface area contributed by atoms with Gasteiger partial charge >= 0.3 is 0 Å². The van der Waals surface area contributed by atoms with Gasteiger partial charge in [-0.3, -0.25) is 4.79 Å². The average molecular weight is 373 g/mol. The van der Waals surface area contributed by atoms with Crippen LogP contribution in [0.4, 0.5) is 0 Å². The summed E-state index contributed by atoms with van der Waals surface area (Å²) in [6, 6.07) is 6.96. The molecule has 0 radical (unpaired) electrons. The lowest BCUT2D eigenvalue weighted by Crippen LogP contribution is -2.17. The standard InChI is InChI=1S/C14H13BrO3S2/c1-9-3-4-10(2)13(7-9)20(17,18)8-12(16)14-11(15)5-6-19-14/h3-7H,8H2,1-2H3. The van der Waals surface area contributed by atoms with Gasteiger partial charge in [-0.1, -0.05) is 12.1 Å². The normalized spacial score (nSPS) is 11.6. The van der Waals surface area contributed by atoms with E-state index in [9.17, 15) is 13.2 Å². The minimum atomic E-state index is -3.62. The number of hydrogen-bond acceptors (Lipinski definition) is 4. The van der Waals surface area contributed by atoms with Crippen LogP contribution in [0.5, 0.6) is 0 Å². The molecular formula is C14H13BrO3S2. The van der Waals surface area contributed by atoms with E-state index in [-0.39, 0.29) is 10.7 Å². The molecule has 3 nitrogen and oxygen atoms in total. The Hall–Kier alpha value is -0.980. The summed E-state index contributed by atoms with van der Waals surface area (Å²) in [4.78, 5) is 12.8. The molecule has 0 atom stereocenters. The van der Waals surface area contributed by atoms with Crippen LogP contribution in [0.15, 0.2) is 39.0 Å². The molecule has 2 aromatic rings. The maximum Gasteiger partial charge on any atom is 0.189 e. The minimum absolute atomic E-state index is 0.235. The van der Waals surface area contributed by atoms with E-state index in [2.05, 4.69) is 15.9 Å². The highest BCUT2D eigenvalue weighted by atomic mass is 79.9. The molecule has 0 aliphatic heterocycles. The second-order valence-electron chi connectivity index (χ2n) is 4.55. The number of carbonyl (C=O) groups excluding carboxylic acids is 1. The highest BCUT2D eigenvalue weighted by molar-refractivity contribution is 9.10. The van der Waals surface area contributed by atoms with Gasteiger partial charge in [0.25, 0.3) is 0 Å². The molecule has 6 heteroatoms. The van der Waals surface area contributed by atoms with Gasteiger partial charge in [-0.15, -0.1) is 11.3 Å². The summed E-state index contributed by atoms with van der Waals surface area (Å²) in [5.74, 6) is -0.885. The molecule has 0 saturated carbocycles. The van der Waals surface area contributed by atoms with Crippen molar-refractivity contribution in [2.45, 2.75) is 18.7 Å². The number of halogens is 1. The Labute approximate surface area is 130 Å². The number of hydrogen-bond donors (Lipinski definition) is 0. The third kappa shape index (κ3) is 3.19. The van der Waals surface area contributed by atoms with E-state index in [0.717, 1.165) is 5.56 Å². The van der Waals surface area contributed by atoms with Crippen LogP contribution in [0.2, 0.25) is 0 Å². The first-order valence-corrected chi connectivity index (χ1v) is 9.20. The van der Waals surface area contributed by atoms with Crippen LogP contribution in [-0.2, 0) is 9.84 Å². The van der Waals surface area contributed by atoms with Gasteiger partial charge in [0.2, 0.25) is 0 Å². The van der Waals surface area contributed by atoms with Crippen LogP contribution < -0.4 is 0 Å². The quantitative estimate of drug-likeness (QED) is 0.767.